The molecule has 0 bridgehead atoms. The Hall–Kier alpha value is -0.720. The molecule has 0 radical (unpaired) electrons. The lowest BCUT2D eigenvalue weighted by molar-refractivity contribution is 1.21. The van der Waals surface area contributed by atoms with E-state index in [0.717, 1.165) is 0 Å². The highest BCUT2D eigenvalue weighted by Gasteiger charge is 1.43. The molecule has 0 aromatic heterocycles. The van der Waals surface area contributed by atoms with E-state index in [1.54, 1.807) is 12.4 Å². The molecule has 0 saturated heterocycles. The first-order valence-corrected chi connectivity index (χ1v) is 1.39. The standard InChI is InChI=1S/C4H7N/c1-3-5-4-2/h3-5H,1-2H2. The van der Waals surface area contributed by atoms with Crippen molar-refractivity contribution in [2.45, 2.75) is 0 Å². The monoisotopic (exact) mass is 69.1 g/mol. The summed E-state index contributed by atoms with van der Waals surface area (Å²) in [6.07, 6.45) is 3.12. The lowest BCUT2D eigenvalue weighted by atomic mass is 10.9. The summed E-state index contributed by atoms with van der Waals surface area (Å²) < 4.78 is 0. The predicted molar refractivity (Wildman–Crippen MR) is 23.5 cm³/mol. The molecule has 0 heterocycles. The fourth-order valence-corrected chi connectivity index (χ4v) is 0.0833. The van der Waals surface area contributed by atoms with E-state index < -0.39 is 0 Å². The van der Waals surface area contributed by atoms with Crippen LogP contribution in [0.3, 0.4) is 0 Å². The van der Waals surface area contributed by atoms with E-state index in [1.165, 1.54) is 0 Å². The summed E-state index contributed by atoms with van der Waals surface area (Å²) in [5.41, 5.74) is 0. The Bertz CT molecular complexity index is 32.9. The Morgan fingerprint density at radius 1 is 1.20 bits per heavy atom. The minimum Gasteiger partial charge on any atom is -0.369 e. The number of nitrogens with one attached hydrogen (secondary N) is 1. The van der Waals surface area contributed by atoms with Gasteiger partial charge in [-0.2, -0.15) is 0 Å². The first kappa shape index (κ1) is 4.28. The molecule has 0 fully saturated rings. The average Bonchev–Trinajstić information content (AvgIpc) is 1.41. The Morgan fingerprint density at radius 3 is 1.60 bits per heavy atom. The lowest BCUT2D eigenvalue weighted by Crippen LogP contribution is -1.85. The Labute approximate surface area is 32.0 Å². The molecule has 0 aliphatic rings. The van der Waals surface area contributed by atoms with Crippen molar-refractivity contribution in [2.24, 2.45) is 0 Å². The topological polar surface area (TPSA) is 12.0 Å². The molecule has 0 atom stereocenters. The number of rotatable bonds is 2. The molecule has 0 aliphatic carbocycles. The summed E-state index contributed by atoms with van der Waals surface area (Å²) in [5.74, 6) is 0. The number of hydrogen-bond donors (Lipinski definition) is 1. The first-order chi connectivity index (χ1) is 2.41. The minimum atomic E-state index is 1.56. The van der Waals surface area contributed by atoms with E-state index in [9.17, 15) is 0 Å². The fraction of sp³-hybridized carbons (Fsp3) is 0. The highest BCUT2D eigenvalue weighted by molar-refractivity contribution is 4.72. The summed E-state index contributed by atoms with van der Waals surface area (Å²) in [6, 6.07) is 0. The zero-order valence-corrected chi connectivity index (χ0v) is 3.07. The van der Waals surface area contributed by atoms with Crippen LogP contribution >= 0.6 is 0 Å². The molecule has 28 valence electrons. The second-order valence-corrected chi connectivity index (χ2v) is 0.575. The van der Waals surface area contributed by atoms with Crippen LogP contribution in [0.4, 0.5) is 0 Å². The van der Waals surface area contributed by atoms with Crippen molar-refractivity contribution in [1.29, 1.82) is 0 Å². The van der Waals surface area contributed by atoms with Gasteiger partial charge in [0.25, 0.3) is 0 Å². The van der Waals surface area contributed by atoms with Gasteiger partial charge in [-0.15, -0.1) is 0 Å². The molecule has 1 heteroatoms. The largest absolute Gasteiger partial charge is 0.369 e. The highest BCUT2D eigenvalue weighted by Crippen LogP contribution is 1.46. The second-order valence-electron chi connectivity index (χ2n) is 0.575. The van der Waals surface area contributed by atoms with Crippen molar-refractivity contribution in [3.05, 3.63) is 25.6 Å². The average molecular weight is 69.1 g/mol. The molecular weight excluding hydrogens is 62.1 g/mol. The van der Waals surface area contributed by atoms with Gasteiger partial charge in [0.1, 0.15) is 0 Å². The van der Waals surface area contributed by atoms with Crippen molar-refractivity contribution >= 4 is 0 Å². The zero-order chi connectivity index (χ0) is 4.12. The van der Waals surface area contributed by atoms with Crippen LogP contribution in [0.25, 0.3) is 0 Å². The Morgan fingerprint density at radius 2 is 1.60 bits per heavy atom. The molecular formula is C4H7N. The molecule has 0 aromatic rings. The van der Waals surface area contributed by atoms with Gasteiger partial charge in [-0.25, -0.2) is 0 Å². The third-order valence-corrected chi connectivity index (χ3v) is 0.236. The summed E-state index contributed by atoms with van der Waals surface area (Å²) in [4.78, 5) is 0. The van der Waals surface area contributed by atoms with Gasteiger partial charge in [-0.1, -0.05) is 13.2 Å². The molecule has 0 saturated carbocycles. The van der Waals surface area contributed by atoms with Crippen molar-refractivity contribution in [2.75, 3.05) is 0 Å². The van der Waals surface area contributed by atoms with E-state index >= 15 is 0 Å². The summed E-state index contributed by atoms with van der Waals surface area (Å²) >= 11 is 0. The minimum absolute atomic E-state index is 1.56. The van der Waals surface area contributed by atoms with E-state index in [4.69, 9.17) is 0 Å². The molecule has 1 nitrogen and oxygen atoms in total. The molecule has 0 unspecified atom stereocenters. The van der Waals surface area contributed by atoms with Crippen LogP contribution in [0.5, 0.6) is 0 Å². The van der Waals surface area contributed by atoms with Gasteiger partial charge >= 0.3 is 0 Å². The maximum Gasteiger partial charge on any atom is -0.00679 e. The molecule has 0 aliphatic heterocycles. The summed E-state index contributed by atoms with van der Waals surface area (Å²) in [7, 11) is 0. The van der Waals surface area contributed by atoms with Gasteiger partial charge in [-0.05, 0) is 12.4 Å². The van der Waals surface area contributed by atoms with Crippen LogP contribution in [0.1, 0.15) is 0 Å². The highest BCUT2D eigenvalue weighted by atomic mass is 14.8. The van der Waals surface area contributed by atoms with Gasteiger partial charge in [-0.3, -0.25) is 0 Å². The van der Waals surface area contributed by atoms with Crippen molar-refractivity contribution in [3.63, 3.8) is 0 Å². The third-order valence-electron chi connectivity index (χ3n) is 0.236. The van der Waals surface area contributed by atoms with Crippen LogP contribution in [0, 0.1) is 0 Å². The normalized spacial score (nSPS) is 5.60. The Balaban J connectivity index is 2.65. The quantitative estimate of drug-likeness (QED) is 0.507. The molecule has 0 aromatic carbocycles. The van der Waals surface area contributed by atoms with Crippen molar-refractivity contribution < 1.29 is 0 Å². The zero-order valence-electron chi connectivity index (χ0n) is 3.07. The van der Waals surface area contributed by atoms with Crippen LogP contribution < -0.4 is 5.32 Å². The van der Waals surface area contributed by atoms with Crippen LogP contribution in [-0.4, -0.2) is 0 Å². The molecule has 5 heavy (non-hydrogen) atoms. The van der Waals surface area contributed by atoms with Crippen molar-refractivity contribution in [1.82, 2.24) is 5.32 Å². The second kappa shape index (κ2) is 3.28. The van der Waals surface area contributed by atoms with Gasteiger partial charge in [0.15, 0.2) is 0 Å². The molecule has 0 spiro atoms. The predicted octanol–water partition coefficient (Wildman–Crippen LogP) is 0.863. The lowest BCUT2D eigenvalue weighted by Gasteiger charge is -1.75. The van der Waals surface area contributed by atoms with Crippen LogP contribution in [0.2, 0.25) is 0 Å². The molecule has 1 N–H and O–H groups in total. The summed E-state index contributed by atoms with van der Waals surface area (Å²) in [6.45, 7) is 6.74. The fourth-order valence-electron chi connectivity index (χ4n) is 0.0833. The maximum absolute atomic E-state index is 3.37. The first-order valence-electron chi connectivity index (χ1n) is 1.39. The smallest absolute Gasteiger partial charge is 0.00679 e. The van der Waals surface area contributed by atoms with Gasteiger partial charge in [0.2, 0.25) is 0 Å². The summed E-state index contributed by atoms with van der Waals surface area (Å²) in [5, 5.41) is 2.64. The maximum atomic E-state index is 3.37. The van der Waals surface area contributed by atoms with E-state index in [1.807, 2.05) is 0 Å². The van der Waals surface area contributed by atoms with E-state index in [0.29, 0.717) is 0 Å². The van der Waals surface area contributed by atoms with Crippen LogP contribution in [0.15, 0.2) is 25.6 Å². The SMILES string of the molecule is C=CNC=C. The van der Waals surface area contributed by atoms with Gasteiger partial charge in [0.05, 0.1) is 0 Å². The van der Waals surface area contributed by atoms with Gasteiger partial charge < -0.3 is 5.32 Å². The number of hydrogen-bond acceptors (Lipinski definition) is 1. The third kappa shape index (κ3) is 3.28. The van der Waals surface area contributed by atoms with Crippen molar-refractivity contribution in [3.8, 4) is 0 Å². The van der Waals surface area contributed by atoms with E-state index in [-0.39, 0.29) is 0 Å². The van der Waals surface area contributed by atoms with Gasteiger partial charge in [0, 0.05) is 0 Å². The van der Waals surface area contributed by atoms with E-state index in [2.05, 4.69) is 18.5 Å². The molecule has 0 rings (SSSR count). The Kier molecular flexibility index (Phi) is 2.81. The molecule has 0 amide bonds. The van der Waals surface area contributed by atoms with Crippen LogP contribution in [-0.2, 0) is 0 Å².